The van der Waals surface area contributed by atoms with Crippen molar-refractivity contribution in [2.45, 2.75) is 44.9 Å². The Bertz CT molecular complexity index is 131. The number of hydrogen-bond acceptors (Lipinski definition) is 2. The number of carbonyl (C=O) groups is 1. The number of alkyl halides is 1. The Kier molecular flexibility index (Phi) is 9.92. The van der Waals surface area contributed by atoms with E-state index in [9.17, 15) is 4.79 Å². The molecule has 0 unspecified atom stereocenters. The van der Waals surface area contributed by atoms with Crippen LogP contribution < -0.4 is 5.48 Å². The molecule has 0 heterocycles. The van der Waals surface area contributed by atoms with Gasteiger partial charge in [0.05, 0.1) is 0 Å². The van der Waals surface area contributed by atoms with E-state index in [1.54, 1.807) is 5.48 Å². The van der Waals surface area contributed by atoms with Crippen LogP contribution in [0.4, 0.5) is 0 Å². The molecule has 0 bridgehead atoms. The zero-order valence-corrected chi connectivity index (χ0v) is 9.48. The molecule has 78 valence electrons. The number of rotatable bonds is 8. The van der Waals surface area contributed by atoms with Crippen LogP contribution in [0.5, 0.6) is 0 Å². The van der Waals surface area contributed by atoms with Crippen LogP contribution in [0.25, 0.3) is 0 Å². The molecule has 2 N–H and O–H groups in total. The summed E-state index contributed by atoms with van der Waals surface area (Å²) in [6.07, 6.45) is 7.32. The highest BCUT2D eigenvalue weighted by Gasteiger charge is 1.97. The zero-order chi connectivity index (χ0) is 9.94. The molecule has 0 fully saturated rings. The molecule has 0 aliphatic heterocycles. The number of carbonyl (C=O) groups excluding carboxylic acids is 1. The maximum atomic E-state index is 10.6. The van der Waals surface area contributed by atoms with Crippen LogP contribution in [0.15, 0.2) is 0 Å². The molecule has 0 saturated carbocycles. The molecule has 0 aliphatic carbocycles. The molecule has 13 heavy (non-hydrogen) atoms. The van der Waals surface area contributed by atoms with Gasteiger partial charge in [0.2, 0.25) is 5.91 Å². The van der Waals surface area contributed by atoms with Crippen molar-refractivity contribution in [2.75, 3.05) is 5.33 Å². The van der Waals surface area contributed by atoms with Gasteiger partial charge in [-0.25, -0.2) is 5.48 Å². The second kappa shape index (κ2) is 9.99. The fourth-order valence-electron chi connectivity index (χ4n) is 1.14. The first-order valence-corrected chi connectivity index (χ1v) is 5.92. The van der Waals surface area contributed by atoms with Gasteiger partial charge in [-0.2, -0.15) is 0 Å². The van der Waals surface area contributed by atoms with Crippen LogP contribution in [0.1, 0.15) is 44.9 Å². The van der Waals surface area contributed by atoms with Crippen molar-refractivity contribution < 1.29 is 10.0 Å². The summed E-state index contributed by atoms with van der Waals surface area (Å²) >= 11 is 3.38. The normalized spacial score (nSPS) is 10.0. The van der Waals surface area contributed by atoms with Crippen LogP contribution in [0.2, 0.25) is 0 Å². The third kappa shape index (κ3) is 9.83. The Morgan fingerprint density at radius 2 is 1.62 bits per heavy atom. The molecule has 3 nitrogen and oxygen atoms in total. The molecule has 0 aromatic rings. The minimum atomic E-state index is -0.277. The number of halogens is 1. The second-order valence-electron chi connectivity index (χ2n) is 3.10. The summed E-state index contributed by atoms with van der Waals surface area (Å²) in [5, 5.41) is 9.29. The average Bonchev–Trinajstić information content (AvgIpc) is 2.16. The average molecular weight is 252 g/mol. The van der Waals surface area contributed by atoms with Gasteiger partial charge in [-0.15, -0.1) is 0 Å². The molecular formula is C9H18BrNO2. The fourth-order valence-corrected chi connectivity index (χ4v) is 1.54. The van der Waals surface area contributed by atoms with Crippen LogP contribution in [0.3, 0.4) is 0 Å². The molecule has 0 rings (SSSR count). The van der Waals surface area contributed by atoms with E-state index in [2.05, 4.69) is 15.9 Å². The maximum Gasteiger partial charge on any atom is 0.243 e. The SMILES string of the molecule is O=C(CCCCCCCCBr)NO. The molecule has 0 aromatic carbocycles. The number of amides is 1. The van der Waals surface area contributed by atoms with Gasteiger partial charge in [-0.1, -0.05) is 41.6 Å². The molecule has 0 atom stereocenters. The Balaban J connectivity index is 2.95. The molecule has 4 heteroatoms. The summed E-state index contributed by atoms with van der Waals surface area (Å²) in [6, 6.07) is 0. The van der Waals surface area contributed by atoms with E-state index in [0.717, 1.165) is 18.2 Å². The monoisotopic (exact) mass is 251 g/mol. The summed E-state index contributed by atoms with van der Waals surface area (Å²) in [6.45, 7) is 0. The summed E-state index contributed by atoms with van der Waals surface area (Å²) in [4.78, 5) is 10.6. The summed E-state index contributed by atoms with van der Waals surface area (Å²) < 4.78 is 0. The van der Waals surface area contributed by atoms with Crippen LogP contribution in [0, 0.1) is 0 Å². The molecule has 0 spiro atoms. The van der Waals surface area contributed by atoms with Crippen molar-refractivity contribution in [1.82, 2.24) is 5.48 Å². The number of unbranched alkanes of at least 4 members (excludes halogenated alkanes) is 5. The summed E-state index contributed by atoms with van der Waals surface area (Å²) in [5.41, 5.74) is 1.63. The first kappa shape index (κ1) is 12.9. The lowest BCUT2D eigenvalue weighted by Crippen LogP contribution is -2.17. The van der Waals surface area contributed by atoms with Gasteiger partial charge in [0.15, 0.2) is 0 Å². The van der Waals surface area contributed by atoms with E-state index in [-0.39, 0.29) is 5.91 Å². The predicted octanol–water partition coefficient (Wildman–Crippen LogP) is 2.62. The lowest BCUT2D eigenvalue weighted by atomic mass is 10.1. The van der Waals surface area contributed by atoms with E-state index < -0.39 is 0 Å². The van der Waals surface area contributed by atoms with Crippen LogP contribution in [-0.2, 0) is 4.79 Å². The molecule has 0 aromatic heterocycles. The molecule has 0 aliphatic rings. The molecule has 0 saturated heterocycles. The van der Waals surface area contributed by atoms with Gasteiger partial charge in [-0.3, -0.25) is 10.0 Å². The minimum absolute atomic E-state index is 0.277. The molecule has 0 radical (unpaired) electrons. The molecular weight excluding hydrogens is 234 g/mol. The quantitative estimate of drug-likeness (QED) is 0.302. The lowest BCUT2D eigenvalue weighted by molar-refractivity contribution is -0.129. The fraction of sp³-hybridized carbons (Fsp3) is 0.889. The van der Waals surface area contributed by atoms with Crippen LogP contribution >= 0.6 is 15.9 Å². The Labute approximate surface area is 88.0 Å². The number of hydrogen-bond donors (Lipinski definition) is 2. The Morgan fingerprint density at radius 1 is 1.08 bits per heavy atom. The first-order chi connectivity index (χ1) is 6.31. The topological polar surface area (TPSA) is 49.3 Å². The number of hydroxylamine groups is 1. The lowest BCUT2D eigenvalue weighted by Gasteiger charge is -1.99. The largest absolute Gasteiger partial charge is 0.289 e. The summed E-state index contributed by atoms with van der Waals surface area (Å²) in [5.74, 6) is -0.277. The Morgan fingerprint density at radius 3 is 2.15 bits per heavy atom. The van der Waals surface area contributed by atoms with Crippen molar-refractivity contribution >= 4 is 21.8 Å². The van der Waals surface area contributed by atoms with Crippen molar-refractivity contribution in [3.8, 4) is 0 Å². The van der Waals surface area contributed by atoms with E-state index >= 15 is 0 Å². The van der Waals surface area contributed by atoms with Crippen LogP contribution in [-0.4, -0.2) is 16.4 Å². The second-order valence-corrected chi connectivity index (χ2v) is 3.89. The zero-order valence-electron chi connectivity index (χ0n) is 7.89. The van der Waals surface area contributed by atoms with Gasteiger partial charge in [0, 0.05) is 11.8 Å². The minimum Gasteiger partial charge on any atom is -0.289 e. The van der Waals surface area contributed by atoms with Crippen molar-refractivity contribution in [1.29, 1.82) is 0 Å². The van der Waals surface area contributed by atoms with Gasteiger partial charge < -0.3 is 0 Å². The van der Waals surface area contributed by atoms with E-state index in [4.69, 9.17) is 5.21 Å². The van der Waals surface area contributed by atoms with E-state index in [0.29, 0.717) is 6.42 Å². The Hall–Kier alpha value is -0.0900. The smallest absolute Gasteiger partial charge is 0.243 e. The van der Waals surface area contributed by atoms with Gasteiger partial charge in [-0.05, 0) is 12.8 Å². The van der Waals surface area contributed by atoms with Crippen molar-refractivity contribution in [3.63, 3.8) is 0 Å². The first-order valence-electron chi connectivity index (χ1n) is 4.80. The van der Waals surface area contributed by atoms with Crippen molar-refractivity contribution in [2.24, 2.45) is 0 Å². The van der Waals surface area contributed by atoms with Gasteiger partial charge in [0.1, 0.15) is 0 Å². The summed E-state index contributed by atoms with van der Waals surface area (Å²) in [7, 11) is 0. The third-order valence-corrected chi connectivity index (χ3v) is 2.47. The molecule has 1 amide bonds. The van der Waals surface area contributed by atoms with E-state index in [1.807, 2.05) is 0 Å². The standard InChI is InChI=1S/C9H18BrNO2/c10-8-6-4-2-1-3-5-7-9(12)11-13/h13H,1-8H2,(H,11,12). The predicted molar refractivity (Wildman–Crippen MR) is 56.0 cm³/mol. The van der Waals surface area contributed by atoms with E-state index in [1.165, 1.54) is 25.7 Å². The highest BCUT2D eigenvalue weighted by molar-refractivity contribution is 9.09. The van der Waals surface area contributed by atoms with Gasteiger partial charge >= 0.3 is 0 Å². The number of nitrogens with one attached hydrogen (secondary N) is 1. The maximum absolute atomic E-state index is 10.6. The third-order valence-electron chi connectivity index (χ3n) is 1.91. The van der Waals surface area contributed by atoms with Crippen molar-refractivity contribution in [3.05, 3.63) is 0 Å². The van der Waals surface area contributed by atoms with Gasteiger partial charge in [0.25, 0.3) is 0 Å². The highest BCUT2D eigenvalue weighted by Crippen LogP contribution is 2.07. The highest BCUT2D eigenvalue weighted by atomic mass is 79.9.